The molecule has 0 amide bonds. The average molecular weight is 374 g/mol. The van der Waals surface area contributed by atoms with Gasteiger partial charge in [0, 0.05) is 0 Å². The Morgan fingerprint density at radius 1 is 0.870 bits per heavy atom. The first-order valence-electron chi connectivity index (χ1n) is 7.32. The van der Waals surface area contributed by atoms with E-state index >= 15 is 0 Å². The van der Waals surface area contributed by atoms with Crippen LogP contribution in [0.5, 0.6) is 0 Å². The van der Waals surface area contributed by atoms with Gasteiger partial charge in [0.1, 0.15) is 0 Å². The molecule has 0 heterocycles. The van der Waals surface area contributed by atoms with Crippen LogP contribution >= 0.6 is 0 Å². The second-order valence-corrected chi connectivity index (χ2v) is 6.40. The molecule has 2 aliphatic rings. The molecule has 4 rings (SSSR count). The molecule has 0 fully saturated rings. The van der Waals surface area contributed by atoms with Crippen molar-refractivity contribution in [1.82, 2.24) is 0 Å². The minimum atomic E-state index is 0. The first kappa shape index (κ1) is 18.3. The van der Waals surface area contributed by atoms with Gasteiger partial charge in [-0.25, -0.2) is 0 Å². The van der Waals surface area contributed by atoms with Crippen molar-refractivity contribution in [1.29, 1.82) is 0 Å². The number of fused-ring (bicyclic) bond motifs is 1. The first-order chi connectivity index (χ1) is 10.4. The molecule has 0 spiro atoms. The fraction of sp³-hybridized carbons (Fsp3) is 0.100. The van der Waals surface area contributed by atoms with E-state index < -0.39 is 0 Å². The van der Waals surface area contributed by atoms with Crippen LogP contribution in [0.15, 0.2) is 78.4 Å². The summed E-state index contributed by atoms with van der Waals surface area (Å²) in [7, 11) is 0. The summed E-state index contributed by atoms with van der Waals surface area (Å²) in [5.41, 5.74) is 8.61. The zero-order valence-electron chi connectivity index (χ0n) is 12.5. The summed E-state index contributed by atoms with van der Waals surface area (Å²) >= 11 is 2.33. The van der Waals surface area contributed by atoms with Crippen LogP contribution in [-0.4, -0.2) is 0 Å². The Kier molecular flexibility index (Phi) is 6.11. The number of allylic oxidation sites excluding steroid dienone is 6. The van der Waals surface area contributed by atoms with Crippen LogP contribution in [0, 0.1) is 0 Å². The molecule has 1 atom stereocenters. The predicted octanol–water partition coefficient (Wildman–Crippen LogP) is -0.907. The molecule has 0 saturated carbocycles. The quantitative estimate of drug-likeness (QED) is 0.598. The molecule has 0 nitrogen and oxygen atoms in total. The van der Waals surface area contributed by atoms with E-state index in [1.807, 2.05) is 0 Å². The Hall–Kier alpha value is -1.05. The van der Waals surface area contributed by atoms with E-state index in [0.29, 0.717) is 4.22 Å². The molecule has 0 aliphatic heterocycles. The van der Waals surface area contributed by atoms with Gasteiger partial charge in [-0.15, -0.1) is 0 Å². The third-order valence-corrected chi connectivity index (χ3v) is 5.21. The van der Waals surface area contributed by atoms with E-state index in [1.54, 1.807) is 0 Å². The predicted molar refractivity (Wildman–Crippen MR) is 84.3 cm³/mol. The second kappa shape index (κ2) is 7.68. The molecule has 0 radical (unpaired) electrons. The summed E-state index contributed by atoms with van der Waals surface area (Å²) < 4.78 is 0.458. The summed E-state index contributed by atoms with van der Waals surface area (Å²) in [5.74, 6) is 0. The molecule has 1 unspecified atom stereocenters. The van der Waals surface area contributed by atoms with Crippen molar-refractivity contribution in [2.24, 2.45) is 0 Å². The molecule has 0 aromatic heterocycles. The molecule has 3 heteroatoms. The fourth-order valence-corrected chi connectivity index (χ4v) is 4.21. The van der Waals surface area contributed by atoms with Gasteiger partial charge in [0.2, 0.25) is 0 Å². The van der Waals surface area contributed by atoms with E-state index in [2.05, 4.69) is 93.3 Å². The van der Waals surface area contributed by atoms with Crippen molar-refractivity contribution in [2.75, 3.05) is 0 Å². The zero-order valence-corrected chi connectivity index (χ0v) is 15.5. The molecule has 2 aromatic carbocycles. The normalized spacial score (nSPS) is 18.2. The molecular weight excluding hydrogens is 359 g/mol. The van der Waals surface area contributed by atoms with Crippen molar-refractivity contribution in [3.05, 3.63) is 95.1 Å². The summed E-state index contributed by atoms with van der Waals surface area (Å²) in [6.07, 6.45) is 7.74. The van der Waals surface area contributed by atoms with Crippen LogP contribution in [0.25, 0.3) is 11.1 Å². The van der Waals surface area contributed by atoms with Crippen molar-refractivity contribution in [2.45, 2.75) is 10.6 Å². The van der Waals surface area contributed by atoms with Crippen molar-refractivity contribution >= 4 is 11.1 Å². The van der Waals surface area contributed by atoms with Crippen LogP contribution in [0.4, 0.5) is 0 Å². The van der Waals surface area contributed by atoms with Gasteiger partial charge in [0.25, 0.3) is 0 Å². The Balaban J connectivity index is 0.000000960. The van der Waals surface area contributed by atoms with Gasteiger partial charge in [-0.05, 0) is 0 Å². The van der Waals surface area contributed by atoms with Gasteiger partial charge in [-0.2, -0.15) is 0 Å². The molecule has 113 valence electrons. The second-order valence-electron chi connectivity index (χ2n) is 5.50. The van der Waals surface area contributed by atoms with Crippen LogP contribution in [0.1, 0.15) is 27.3 Å². The number of halogens is 2. The van der Waals surface area contributed by atoms with E-state index in [4.69, 9.17) is 0 Å². The SMILES string of the molecule is [Cl-].[Cl-].[Ti+2][CH]1C(c2ccccc2)=C(C2=CC=CC2)c2ccccc21. The number of hydrogen-bond donors (Lipinski definition) is 0. The van der Waals surface area contributed by atoms with Gasteiger partial charge >= 0.3 is 137 Å². The topological polar surface area (TPSA) is 0 Å². The maximum atomic E-state index is 2.33. The molecule has 0 saturated heterocycles. The monoisotopic (exact) mass is 373 g/mol. The van der Waals surface area contributed by atoms with Crippen LogP contribution in [-0.2, 0) is 20.4 Å². The number of hydrogen-bond acceptors (Lipinski definition) is 0. The third kappa shape index (κ3) is 3.14. The van der Waals surface area contributed by atoms with Crippen molar-refractivity contribution in [3.8, 4) is 0 Å². The van der Waals surface area contributed by atoms with E-state index in [0.717, 1.165) is 6.42 Å². The van der Waals surface area contributed by atoms with E-state index in [9.17, 15) is 0 Å². The summed E-state index contributed by atoms with van der Waals surface area (Å²) in [5, 5.41) is 0. The Morgan fingerprint density at radius 3 is 2.26 bits per heavy atom. The number of rotatable bonds is 2. The van der Waals surface area contributed by atoms with E-state index in [1.165, 1.54) is 33.4 Å². The summed E-state index contributed by atoms with van der Waals surface area (Å²) in [6, 6.07) is 19.7. The van der Waals surface area contributed by atoms with Crippen LogP contribution in [0.3, 0.4) is 0 Å². The van der Waals surface area contributed by atoms with Gasteiger partial charge in [-0.1, -0.05) is 0 Å². The van der Waals surface area contributed by atoms with Crippen LogP contribution in [0.2, 0.25) is 0 Å². The Labute approximate surface area is 161 Å². The fourth-order valence-electron chi connectivity index (χ4n) is 3.33. The Bertz CT molecular complexity index is 788. The maximum absolute atomic E-state index is 2.33. The Morgan fingerprint density at radius 2 is 1.57 bits per heavy atom. The molecular formula is C20H15Cl2Ti. The summed E-state index contributed by atoms with van der Waals surface area (Å²) in [6.45, 7) is 0. The first-order valence-corrected chi connectivity index (χ1v) is 8.22. The van der Waals surface area contributed by atoms with Crippen molar-refractivity contribution < 1.29 is 45.2 Å². The minimum absolute atomic E-state index is 0. The molecule has 23 heavy (non-hydrogen) atoms. The molecule has 2 aromatic rings. The zero-order chi connectivity index (χ0) is 14.2. The number of benzene rings is 2. The van der Waals surface area contributed by atoms with E-state index in [-0.39, 0.29) is 24.8 Å². The molecule has 2 aliphatic carbocycles. The van der Waals surface area contributed by atoms with Gasteiger partial charge in [0.15, 0.2) is 0 Å². The molecule has 0 N–H and O–H groups in total. The van der Waals surface area contributed by atoms with Crippen molar-refractivity contribution in [3.63, 3.8) is 0 Å². The van der Waals surface area contributed by atoms with Gasteiger partial charge < -0.3 is 24.8 Å². The average Bonchev–Trinajstić information content (AvgIpc) is 3.15. The van der Waals surface area contributed by atoms with Crippen LogP contribution < -0.4 is 24.8 Å². The standard InChI is InChI=1S/C20H15.2ClH.Ti/c1-2-8-15(9-3-1)19-14-17-12-6-7-13-18(17)20(19)16-10-4-5-11-16;;;/h1-10,12-14H,11H2;2*1H;/q;;;+2/p-2. The van der Waals surface area contributed by atoms with Gasteiger partial charge in [0.05, 0.1) is 0 Å². The molecule has 0 bridgehead atoms. The van der Waals surface area contributed by atoms with Gasteiger partial charge in [-0.3, -0.25) is 0 Å². The summed E-state index contributed by atoms with van der Waals surface area (Å²) in [4.78, 5) is 0. The third-order valence-electron chi connectivity index (χ3n) is 4.28.